The Bertz CT molecular complexity index is 1430. The van der Waals surface area contributed by atoms with Gasteiger partial charge in [0.1, 0.15) is 17.5 Å². The van der Waals surface area contributed by atoms with Crippen LogP contribution in [0.15, 0.2) is 42.5 Å². The maximum atomic E-state index is 16.2. The van der Waals surface area contributed by atoms with Crippen LogP contribution in [0, 0.1) is 28.8 Å². The Morgan fingerprint density at radius 3 is 2.23 bits per heavy atom. The number of halogens is 3. The van der Waals surface area contributed by atoms with E-state index in [-0.39, 0.29) is 35.6 Å². The van der Waals surface area contributed by atoms with Crippen LogP contribution in [0.4, 0.5) is 18.9 Å². The van der Waals surface area contributed by atoms with Crippen LogP contribution < -0.4 is 5.32 Å². The Kier molecular flexibility index (Phi) is 8.66. The van der Waals surface area contributed by atoms with Gasteiger partial charge < -0.3 is 10.4 Å². The van der Waals surface area contributed by atoms with E-state index in [0.717, 1.165) is 18.5 Å². The first-order valence-corrected chi connectivity index (χ1v) is 14.2. The smallest absolute Gasteiger partial charge is 0.130 e. The summed E-state index contributed by atoms with van der Waals surface area (Å²) in [7, 11) is 0. The summed E-state index contributed by atoms with van der Waals surface area (Å²) < 4.78 is 46.0. The predicted molar refractivity (Wildman–Crippen MR) is 154 cm³/mol. The molecule has 2 atom stereocenters. The van der Waals surface area contributed by atoms with E-state index in [0.29, 0.717) is 45.8 Å². The number of hydrogen-bond acceptors (Lipinski definition) is 3. The van der Waals surface area contributed by atoms with E-state index in [9.17, 15) is 19.1 Å². The zero-order valence-electron chi connectivity index (χ0n) is 24.2. The number of anilines is 1. The summed E-state index contributed by atoms with van der Waals surface area (Å²) in [6.07, 6.45) is 2.42. The van der Waals surface area contributed by atoms with E-state index in [4.69, 9.17) is 0 Å². The summed E-state index contributed by atoms with van der Waals surface area (Å²) in [5, 5.41) is 24.6. The largest absolute Gasteiger partial charge is 0.385 e. The number of nitrogens with zero attached hydrogens (tertiary/aromatic N) is 1. The van der Waals surface area contributed by atoms with Crippen molar-refractivity contribution < 1.29 is 18.3 Å². The molecule has 1 fully saturated rings. The maximum absolute atomic E-state index is 16.2. The second-order valence-corrected chi connectivity index (χ2v) is 12.1. The molecule has 0 spiro atoms. The minimum absolute atomic E-state index is 0.0112. The number of nitrogens with one attached hydrogen (secondary N) is 1. The maximum Gasteiger partial charge on any atom is 0.130 e. The van der Waals surface area contributed by atoms with Crippen molar-refractivity contribution in [1.29, 1.82) is 5.26 Å². The molecule has 2 unspecified atom stereocenters. The summed E-state index contributed by atoms with van der Waals surface area (Å²) in [4.78, 5) is 0. The van der Waals surface area contributed by atoms with Gasteiger partial charge >= 0.3 is 0 Å². The monoisotopic (exact) mass is 548 g/mol. The molecular weight excluding hydrogens is 509 g/mol. The van der Waals surface area contributed by atoms with Gasteiger partial charge in [-0.2, -0.15) is 5.26 Å². The normalized spacial score (nSPS) is 15.7. The highest BCUT2D eigenvalue weighted by Crippen LogP contribution is 2.38. The summed E-state index contributed by atoms with van der Waals surface area (Å²) in [5.74, 6) is -1.89. The average Bonchev–Trinajstić information content (AvgIpc) is 3.67. The highest BCUT2D eigenvalue weighted by atomic mass is 19.1. The third kappa shape index (κ3) is 6.20. The van der Waals surface area contributed by atoms with Gasteiger partial charge in [-0.3, -0.25) is 0 Å². The van der Waals surface area contributed by atoms with E-state index in [1.807, 2.05) is 40.7 Å². The molecule has 212 valence electrons. The van der Waals surface area contributed by atoms with Gasteiger partial charge in [0, 0.05) is 29.3 Å². The highest BCUT2D eigenvalue weighted by Gasteiger charge is 2.32. The molecule has 0 saturated heterocycles. The third-order valence-corrected chi connectivity index (χ3v) is 7.86. The minimum Gasteiger partial charge on any atom is -0.385 e. The van der Waals surface area contributed by atoms with Crippen LogP contribution in [0.1, 0.15) is 111 Å². The van der Waals surface area contributed by atoms with Crippen molar-refractivity contribution >= 4 is 5.69 Å². The highest BCUT2D eigenvalue weighted by molar-refractivity contribution is 5.55. The van der Waals surface area contributed by atoms with E-state index < -0.39 is 17.2 Å². The van der Waals surface area contributed by atoms with Crippen LogP contribution in [0.3, 0.4) is 0 Å². The Labute approximate surface area is 236 Å². The molecule has 6 heteroatoms. The van der Waals surface area contributed by atoms with Crippen LogP contribution in [-0.4, -0.2) is 11.1 Å². The summed E-state index contributed by atoms with van der Waals surface area (Å²) in [6, 6.07) is 13.8. The molecule has 3 nitrogen and oxygen atoms in total. The molecule has 0 bridgehead atoms. The molecule has 0 heterocycles. The first kappa shape index (κ1) is 29.7. The lowest BCUT2D eigenvalue weighted by atomic mass is 9.80. The quantitative estimate of drug-likeness (QED) is 0.267. The van der Waals surface area contributed by atoms with Gasteiger partial charge in [0.2, 0.25) is 0 Å². The second kappa shape index (κ2) is 11.7. The van der Waals surface area contributed by atoms with Gasteiger partial charge in [-0.25, -0.2) is 13.2 Å². The van der Waals surface area contributed by atoms with Crippen molar-refractivity contribution in [2.24, 2.45) is 0 Å². The number of aliphatic hydroxyl groups is 1. The molecular formula is C34H39F3N2O. The number of nitriles is 1. The Morgan fingerprint density at radius 1 is 0.950 bits per heavy atom. The molecule has 1 aliphatic carbocycles. The lowest BCUT2D eigenvalue weighted by Crippen LogP contribution is -2.27. The van der Waals surface area contributed by atoms with Crippen molar-refractivity contribution in [2.75, 3.05) is 5.32 Å². The topological polar surface area (TPSA) is 56.0 Å². The third-order valence-electron chi connectivity index (χ3n) is 7.86. The fourth-order valence-electron chi connectivity index (χ4n) is 5.82. The van der Waals surface area contributed by atoms with Gasteiger partial charge in [0.15, 0.2) is 0 Å². The van der Waals surface area contributed by atoms with Crippen molar-refractivity contribution in [1.82, 2.24) is 0 Å². The molecule has 3 aromatic carbocycles. The van der Waals surface area contributed by atoms with Gasteiger partial charge in [0.05, 0.1) is 17.2 Å². The first-order valence-electron chi connectivity index (χ1n) is 14.2. The van der Waals surface area contributed by atoms with E-state index in [1.54, 1.807) is 31.2 Å². The lowest BCUT2D eigenvalue weighted by molar-refractivity contribution is 0.0559. The van der Waals surface area contributed by atoms with Crippen LogP contribution >= 0.6 is 0 Å². The Morgan fingerprint density at radius 2 is 1.62 bits per heavy atom. The average molecular weight is 549 g/mol. The predicted octanol–water partition coefficient (Wildman–Crippen LogP) is 8.59. The van der Waals surface area contributed by atoms with Gasteiger partial charge in [-0.15, -0.1) is 0 Å². The molecule has 1 saturated carbocycles. The minimum atomic E-state index is -1.52. The molecule has 0 aromatic heterocycles. The van der Waals surface area contributed by atoms with Crippen LogP contribution in [-0.2, 0) is 18.4 Å². The first-order chi connectivity index (χ1) is 18.8. The van der Waals surface area contributed by atoms with Gasteiger partial charge in [-0.1, -0.05) is 52.8 Å². The van der Waals surface area contributed by atoms with Crippen molar-refractivity contribution in [3.8, 4) is 6.07 Å². The summed E-state index contributed by atoms with van der Waals surface area (Å²) in [6.45, 7) is 10.9. The second-order valence-electron chi connectivity index (χ2n) is 12.1. The van der Waals surface area contributed by atoms with E-state index in [1.165, 1.54) is 12.1 Å². The molecule has 1 aliphatic rings. The fourth-order valence-corrected chi connectivity index (χ4v) is 5.82. The Hall–Kier alpha value is -3.30. The molecule has 4 rings (SSSR count). The number of rotatable bonds is 10. The number of hydrogen-bond donors (Lipinski definition) is 2. The lowest BCUT2D eigenvalue weighted by Gasteiger charge is -2.30. The SMILES string of the molecule is CC(C)c1c(F)cc(CC(C)(O)c2ccc(CC(C)c3c(F)cccc3NC3CC3)c(F)c2C(C)C)cc1C#N. The van der Waals surface area contributed by atoms with E-state index in [2.05, 4.69) is 11.4 Å². The fraction of sp³-hybridized carbons (Fsp3) is 0.441. The molecule has 0 radical (unpaired) electrons. The summed E-state index contributed by atoms with van der Waals surface area (Å²) in [5.41, 5.74) is 2.11. The molecule has 0 amide bonds. The molecule has 40 heavy (non-hydrogen) atoms. The zero-order chi connectivity index (χ0) is 29.4. The van der Waals surface area contributed by atoms with Crippen LogP contribution in [0.25, 0.3) is 0 Å². The molecule has 0 aliphatic heterocycles. The number of benzene rings is 3. The van der Waals surface area contributed by atoms with Gasteiger partial charge in [0.25, 0.3) is 0 Å². The van der Waals surface area contributed by atoms with Gasteiger partial charge in [-0.05, 0) is 90.5 Å². The molecule has 2 N–H and O–H groups in total. The van der Waals surface area contributed by atoms with Crippen molar-refractivity contribution in [3.05, 3.63) is 98.9 Å². The molecule has 3 aromatic rings. The van der Waals surface area contributed by atoms with Crippen molar-refractivity contribution in [3.63, 3.8) is 0 Å². The van der Waals surface area contributed by atoms with Crippen LogP contribution in [0.2, 0.25) is 0 Å². The summed E-state index contributed by atoms with van der Waals surface area (Å²) >= 11 is 0. The van der Waals surface area contributed by atoms with Crippen molar-refractivity contribution in [2.45, 2.75) is 96.6 Å². The Balaban J connectivity index is 1.67. The van der Waals surface area contributed by atoms with E-state index >= 15 is 4.39 Å². The van der Waals surface area contributed by atoms with Crippen LogP contribution in [0.5, 0.6) is 0 Å². The standard InChI is InChI=1S/C34H39F3N2O/c1-19(2)30-24(18-38)15-22(16-28(30)36)17-34(6,40)26-13-10-23(33(37)31(26)20(3)4)14-21(5)32-27(35)8-7-9-29(32)39-25-11-12-25/h7-10,13,15-16,19-21,25,39-40H,11-12,14,17H2,1-6H3. The zero-order valence-corrected chi connectivity index (χ0v) is 24.2.